The number of sulfonamides is 1. The number of hydrogen-bond acceptors (Lipinski definition) is 4. The van der Waals surface area contributed by atoms with Gasteiger partial charge in [0, 0.05) is 36.8 Å². The van der Waals surface area contributed by atoms with Gasteiger partial charge in [-0.25, -0.2) is 8.42 Å². The maximum atomic E-state index is 12.1. The number of halogens is 1. The Kier molecular flexibility index (Phi) is 4.80. The molecule has 0 unspecified atom stereocenters. The molecule has 0 bridgehead atoms. The van der Waals surface area contributed by atoms with E-state index in [4.69, 9.17) is 11.6 Å². The Morgan fingerprint density at radius 1 is 1.25 bits per heavy atom. The van der Waals surface area contributed by atoms with Gasteiger partial charge in [-0.3, -0.25) is 9.69 Å². The molecule has 110 valence electrons. The second-order valence-electron chi connectivity index (χ2n) is 4.87. The Bertz CT molecular complexity index is 595. The fraction of sp³-hybridized carbons (Fsp3) is 0.462. The van der Waals surface area contributed by atoms with Gasteiger partial charge in [-0.05, 0) is 12.1 Å². The van der Waals surface area contributed by atoms with Gasteiger partial charge in [0.25, 0.3) is 0 Å². The molecule has 1 aromatic carbocycles. The maximum Gasteiger partial charge on any atom is 0.211 e. The van der Waals surface area contributed by atoms with Crippen LogP contribution >= 0.6 is 11.6 Å². The van der Waals surface area contributed by atoms with Crippen LogP contribution in [-0.2, 0) is 10.0 Å². The first-order valence-corrected chi connectivity index (χ1v) is 8.55. The van der Waals surface area contributed by atoms with Crippen molar-refractivity contribution < 1.29 is 13.2 Å². The van der Waals surface area contributed by atoms with Crippen LogP contribution in [0.15, 0.2) is 24.3 Å². The third-order valence-corrected chi connectivity index (χ3v) is 4.85. The molecule has 20 heavy (non-hydrogen) atoms. The van der Waals surface area contributed by atoms with Gasteiger partial charge in [0.2, 0.25) is 10.0 Å². The first kappa shape index (κ1) is 15.4. The van der Waals surface area contributed by atoms with Gasteiger partial charge >= 0.3 is 0 Å². The van der Waals surface area contributed by atoms with Gasteiger partial charge in [0.1, 0.15) is 0 Å². The summed E-state index contributed by atoms with van der Waals surface area (Å²) in [5.74, 6) is 0.000283. The molecule has 0 saturated carbocycles. The van der Waals surface area contributed by atoms with Crippen LogP contribution in [0.5, 0.6) is 0 Å². The van der Waals surface area contributed by atoms with Crippen molar-refractivity contribution in [2.45, 2.75) is 0 Å². The summed E-state index contributed by atoms with van der Waals surface area (Å²) in [7, 11) is -3.13. The summed E-state index contributed by atoms with van der Waals surface area (Å²) < 4.78 is 24.2. The minimum Gasteiger partial charge on any atom is -0.293 e. The van der Waals surface area contributed by atoms with E-state index >= 15 is 0 Å². The van der Waals surface area contributed by atoms with E-state index in [-0.39, 0.29) is 12.3 Å². The zero-order valence-electron chi connectivity index (χ0n) is 11.3. The molecule has 2 rings (SSSR count). The van der Waals surface area contributed by atoms with Crippen molar-refractivity contribution in [3.8, 4) is 0 Å². The molecule has 1 aliphatic heterocycles. The summed E-state index contributed by atoms with van der Waals surface area (Å²) in [6, 6.07) is 6.86. The van der Waals surface area contributed by atoms with E-state index in [0.717, 1.165) is 0 Å². The second-order valence-corrected chi connectivity index (χ2v) is 7.29. The highest BCUT2D eigenvalue weighted by molar-refractivity contribution is 7.88. The van der Waals surface area contributed by atoms with Gasteiger partial charge in [-0.15, -0.1) is 0 Å². The molecular weight excluding hydrogens is 300 g/mol. The maximum absolute atomic E-state index is 12.1. The Morgan fingerprint density at radius 2 is 1.90 bits per heavy atom. The quantitative estimate of drug-likeness (QED) is 0.781. The summed E-state index contributed by atoms with van der Waals surface area (Å²) in [5, 5.41) is 0.540. The minimum absolute atomic E-state index is 0.000283. The Hall–Kier alpha value is -0.950. The molecule has 5 nitrogen and oxygen atoms in total. The van der Waals surface area contributed by atoms with Crippen LogP contribution < -0.4 is 0 Å². The number of piperazine rings is 1. The van der Waals surface area contributed by atoms with E-state index in [9.17, 15) is 13.2 Å². The third-order valence-electron chi connectivity index (χ3n) is 3.31. The number of carbonyl (C=O) groups excluding carboxylic acids is 1. The van der Waals surface area contributed by atoms with Crippen molar-refractivity contribution in [1.29, 1.82) is 0 Å². The van der Waals surface area contributed by atoms with Crippen molar-refractivity contribution >= 4 is 27.4 Å². The second kappa shape index (κ2) is 6.22. The topological polar surface area (TPSA) is 57.7 Å². The van der Waals surface area contributed by atoms with E-state index in [0.29, 0.717) is 36.8 Å². The molecule has 1 heterocycles. The van der Waals surface area contributed by atoms with Crippen LogP contribution in [0.1, 0.15) is 10.4 Å². The molecule has 0 amide bonds. The number of Topliss-reactive ketones (excluding diaryl/α,β-unsaturated/α-hetero) is 1. The molecule has 0 radical (unpaired) electrons. The minimum atomic E-state index is -3.13. The van der Waals surface area contributed by atoms with Crippen molar-refractivity contribution in [3.05, 3.63) is 34.9 Å². The zero-order valence-corrected chi connectivity index (χ0v) is 12.8. The van der Waals surface area contributed by atoms with Crippen molar-refractivity contribution in [2.75, 3.05) is 39.0 Å². The van der Waals surface area contributed by atoms with Crippen molar-refractivity contribution in [3.63, 3.8) is 0 Å². The highest BCUT2D eigenvalue weighted by Crippen LogP contribution is 2.12. The predicted octanol–water partition coefficient (Wildman–Crippen LogP) is 1.10. The van der Waals surface area contributed by atoms with Crippen LogP contribution in [0.2, 0.25) is 5.02 Å². The number of carbonyl (C=O) groups is 1. The number of rotatable bonds is 4. The lowest BCUT2D eigenvalue weighted by Gasteiger charge is -2.32. The van der Waals surface area contributed by atoms with E-state index < -0.39 is 10.0 Å². The number of hydrogen-bond donors (Lipinski definition) is 0. The van der Waals surface area contributed by atoms with E-state index in [1.54, 1.807) is 24.3 Å². The summed E-state index contributed by atoms with van der Waals surface area (Å²) in [5.41, 5.74) is 0.586. The predicted molar refractivity (Wildman–Crippen MR) is 78.6 cm³/mol. The molecule has 0 spiro atoms. The van der Waals surface area contributed by atoms with Crippen molar-refractivity contribution in [2.24, 2.45) is 0 Å². The summed E-state index contributed by atoms with van der Waals surface area (Å²) in [6.07, 6.45) is 1.21. The van der Waals surface area contributed by atoms with Crippen molar-refractivity contribution in [1.82, 2.24) is 9.21 Å². The van der Waals surface area contributed by atoms with Gasteiger partial charge in [0.15, 0.2) is 5.78 Å². The highest BCUT2D eigenvalue weighted by atomic mass is 35.5. The molecular formula is C13H17ClN2O3S. The van der Waals surface area contributed by atoms with E-state index in [2.05, 4.69) is 0 Å². The van der Waals surface area contributed by atoms with Gasteiger partial charge in [0.05, 0.1) is 12.8 Å². The fourth-order valence-corrected chi connectivity index (χ4v) is 3.19. The molecule has 1 aromatic rings. The number of benzene rings is 1. The summed E-state index contributed by atoms with van der Waals surface area (Å²) in [4.78, 5) is 14.1. The third kappa shape index (κ3) is 4.02. The number of ketones is 1. The lowest BCUT2D eigenvalue weighted by molar-refractivity contribution is 0.0902. The smallest absolute Gasteiger partial charge is 0.211 e. The zero-order chi connectivity index (χ0) is 14.8. The average molecular weight is 317 g/mol. The fourth-order valence-electron chi connectivity index (χ4n) is 2.18. The molecule has 0 aromatic heterocycles. The Morgan fingerprint density at radius 3 is 2.45 bits per heavy atom. The van der Waals surface area contributed by atoms with Crippen LogP contribution in [0.3, 0.4) is 0 Å². The molecule has 0 N–H and O–H groups in total. The Labute approximate surface area is 124 Å². The van der Waals surface area contributed by atoms with Crippen LogP contribution in [0.4, 0.5) is 0 Å². The summed E-state index contributed by atoms with van der Waals surface area (Å²) in [6.45, 7) is 2.29. The first-order valence-electron chi connectivity index (χ1n) is 6.32. The van der Waals surface area contributed by atoms with E-state index in [1.165, 1.54) is 10.6 Å². The standard InChI is InChI=1S/C13H17ClN2O3S/c1-20(18,19)16-7-5-15(6-8-16)10-13(17)11-3-2-4-12(14)9-11/h2-4,9H,5-8,10H2,1H3. The largest absolute Gasteiger partial charge is 0.293 e. The van der Waals surface area contributed by atoms with E-state index in [1.807, 2.05) is 4.90 Å². The SMILES string of the molecule is CS(=O)(=O)N1CCN(CC(=O)c2cccc(Cl)c2)CC1. The summed E-state index contributed by atoms with van der Waals surface area (Å²) >= 11 is 5.86. The normalized spacial score (nSPS) is 18.1. The molecule has 7 heteroatoms. The Balaban J connectivity index is 1.91. The van der Waals surface area contributed by atoms with Gasteiger partial charge in [-0.2, -0.15) is 4.31 Å². The first-order chi connectivity index (χ1) is 9.36. The average Bonchev–Trinajstić information content (AvgIpc) is 2.38. The highest BCUT2D eigenvalue weighted by Gasteiger charge is 2.24. The lowest BCUT2D eigenvalue weighted by atomic mass is 10.1. The molecule has 1 saturated heterocycles. The van der Waals surface area contributed by atoms with Crippen LogP contribution in [0.25, 0.3) is 0 Å². The molecule has 0 aliphatic carbocycles. The lowest BCUT2D eigenvalue weighted by Crippen LogP contribution is -2.49. The molecule has 1 fully saturated rings. The number of nitrogens with zero attached hydrogens (tertiary/aromatic N) is 2. The van der Waals surface area contributed by atoms with Crippen LogP contribution in [-0.4, -0.2) is 62.4 Å². The van der Waals surface area contributed by atoms with Crippen LogP contribution in [0, 0.1) is 0 Å². The molecule has 1 aliphatic rings. The van der Waals surface area contributed by atoms with Gasteiger partial charge < -0.3 is 0 Å². The van der Waals surface area contributed by atoms with Gasteiger partial charge in [-0.1, -0.05) is 23.7 Å². The molecule has 0 atom stereocenters. The monoisotopic (exact) mass is 316 g/mol.